The maximum Gasteiger partial charge on any atom is 0.0465 e. The van der Waals surface area contributed by atoms with Crippen molar-refractivity contribution in [2.75, 3.05) is 9.80 Å². The Hall–Kier alpha value is -7.94. The number of anilines is 6. The van der Waals surface area contributed by atoms with Crippen LogP contribution in [0.25, 0.3) is 46.6 Å². The fourth-order valence-corrected chi connectivity index (χ4v) is 11.8. The molecule has 0 heterocycles. The highest BCUT2D eigenvalue weighted by atomic mass is 15.1. The Balaban J connectivity index is 0.827. The monoisotopic (exact) mass is 904 g/mol. The highest BCUT2D eigenvalue weighted by Crippen LogP contribution is 2.56. The summed E-state index contributed by atoms with van der Waals surface area (Å²) in [4.78, 5) is 4.76. The van der Waals surface area contributed by atoms with E-state index in [2.05, 4.69) is 280 Å². The van der Waals surface area contributed by atoms with Crippen LogP contribution < -0.4 is 9.80 Å². The number of rotatable bonds is 14. The van der Waals surface area contributed by atoms with Crippen LogP contribution in [-0.4, -0.2) is 0 Å². The Kier molecular flexibility index (Phi) is 12.0. The summed E-state index contributed by atoms with van der Waals surface area (Å²) in [5, 5.41) is 0. The molecule has 2 aliphatic carbocycles. The molecule has 0 saturated heterocycles. The third-order valence-electron chi connectivity index (χ3n) is 15.6. The van der Waals surface area contributed by atoms with Gasteiger partial charge in [0.2, 0.25) is 0 Å². The molecule has 0 aromatic heterocycles. The summed E-state index contributed by atoms with van der Waals surface area (Å²) in [5.74, 6) is 0. The van der Waals surface area contributed by atoms with Gasteiger partial charge in [-0.2, -0.15) is 0 Å². The van der Waals surface area contributed by atoms with E-state index >= 15 is 0 Å². The van der Waals surface area contributed by atoms with Gasteiger partial charge < -0.3 is 9.80 Å². The van der Waals surface area contributed by atoms with Crippen LogP contribution in [0.2, 0.25) is 0 Å². The van der Waals surface area contributed by atoms with Crippen LogP contribution in [-0.2, 0) is 10.8 Å². The molecule has 0 unspecified atom stereocenters. The van der Waals surface area contributed by atoms with Gasteiger partial charge in [0.25, 0.3) is 0 Å². The largest absolute Gasteiger partial charge is 0.310 e. The van der Waals surface area contributed by atoms with Crippen molar-refractivity contribution in [3.05, 3.63) is 263 Å². The van der Waals surface area contributed by atoms with Crippen molar-refractivity contribution < 1.29 is 0 Å². The Morgan fingerprint density at radius 3 is 0.829 bits per heavy atom. The quantitative estimate of drug-likeness (QED) is 0.100. The Morgan fingerprint density at radius 2 is 0.529 bits per heavy atom. The van der Waals surface area contributed by atoms with E-state index in [0.29, 0.717) is 0 Å². The molecule has 11 rings (SSSR count). The van der Waals surface area contributed by atoms with Crippen LogP contribution in [0.15, 0.2) is 218 Å². The lowest BCUT2D eigenvalue weighted by Crippen LogP contribution is -2.23. The van der Waals surface area contributed by atoms with E-state index in [-0.39, 0.29) is 10.8 Å². The van der Waals surface area contributed by atoms with Gasteiger partial charge in [-0.05, 0) is 165 Å². The molecular formula is C68H60N2. The van der Waals surface area contributed by atoms with Gasteiger partial charge in [-0.1, -0.05) is 198 Å². The van der Waals surface area contributed by atoms with Gasteiger partial charge in [0, 0.05) is 45.0 Å². The molecule has 0 radical (unpaired) electrons. The van der Waals surface area contributed by atoms with Gasteiger partial charge in [-0.3, -0.25) is 0 Å². The third-order valence-corrected chi connectivity index (χ3v) is 15.6. The first-order valence-corrected chi connectivity index (χ1v) is 25.3. The topological polar surface area (TPSA) is 6.48 Å². The average Bonchev–Trinajstić information content (AvgIpc) is 3.86. The van der Waals surface area contributed by atoms with Crippen molar-refractivity contribution in [3.63, 3.8) is 0 Å². The number of benzene rings is 9. The predicted molar refractivity (Wildman–Crippen MR) is 300 cm³/mol. The van der Waals surface area contributed by atoms with Gasteiger partial charge in [0.1, 0.15) is 0 Å². The molecule has 0 atom stereocenters. The summed E-state index contributed by atoms with van der Waals surface area (Å²) >= 11 is 0. The third kappa shape index (κ3) is 7.78. The molecule has 9 aromatic carbocycles. The maximum absolute atomic E-state index is 2.46. The van der Waals surface area contributed by atoms with Gasteiger partial charge in [0.15, 0.2) is 0 Å². The molecular weight excluding hydrogens is 845 g/mol. The van der Waals surface area contributed by atoms with Crippen LogP contribution in [0, 0.1) is 0 Å². The van der Waals surface area contributed by atoms with E-state index in [4.69, 9.17) is 0 Å². The molecule has 0 spiro atoms. The second kappa shape index (κ2) is 18.9. The molecule has 0 amide bonds. The zero-order valence-electron chi connectivity index (χ0n) is 40.8. The molecule has 9 aromatic rings. The summed E-state index contributed by atoms with van der Waals surface area (Å²) < 4.78 is 0. The molecule has 342 valence electrons. The van der Waals surface area contributed by atoms with Gasteiger partial charge in [0.05, 0.1) is 0 Å². The molecule has 2 aliphatic rings. The van der Waals surface area contributed by atoms with Crippen molar-refractivity contribution in [1.82, 2.24) is 0 Å². The van der Waals surface area contributed by atoms with Crippen molar-refractivity contribution in [3.8, 4) is 22.3 Å². The summed E-state index contributed by atoms with van der Waals surface area (Å²) in [6.07, 6.45) is 13.2. The highest BCUT2D eigenvalue weighted by Gasteiger charge is 2.42. The summed E-state index contributed by atoms with van der Waals surface area (Å²) in [5.41, 5.74) is 22.9. The van der Waals surface area contributed by atoms with Crippen molar-refractivity contribution in [1.29, 1.82) is 0 Å². The Bertz CT molecular complexity index is 3030. The van der Waals surface area contributed by atoms with E-state index in [1.165, 1.54) is 78.1 Å². The standard InChI is InChI=1S/C68H60N2/c1-5-67(6-2)63-45-51(37-41-59(63)61-43-39-57(47-65(61)67)69(53-21-13-9-14-22-53)54-23-15-10-16-24-54)35-33-49-29-31-50(32-30-49)34-36-52-38-42-60-62-44-40-58(48-66(62)68(7-3,8-4)64(60)46-52)70(55-25-17-11-18-26-55)56-27-19-12-20-28-56/h9-48H,5-8H2,1-4H3/b35-33+,36-34+. The minimum Gasteiger partial charge on any atom is -0.310 e. The average molecular weight is 905 g/mol. The lowest BCUT2D eigenvalue weighted by atomic mass is 9.73. The van der Waals surface area contributed by atoms with E-state index in [1.54, 1.807) is 0 Å². The zero-order valence-corrected chi connectivity index (χ0v) is 40.8. The molecule has 0 N–H and O–H groups in total. The second-order valence-electron chi connectivity index (χ2n) is 19.0. The van der Waals surface area contributed by atoms with Crippen molar-refractivity contribution in [2.45, 2.75) is 64.2 Å². The first-order valence-electron chi connectivity index (χ1n) is 25.3. The first kappa shape index (κ1) is 44.6. The van der Waals surface area contributed by atoms with Crippen molar-refractivity contribution >= 4 is 58.4 Å². The molecule has 0 saturated carbocycles. The van der Waals surface area contributed by atoms with Gasteiger partial charge >= 0.3 is 0 Å². The first-order chi connectivity index (χ1) is 34.5. The molecule has 2 nitrogen and oxygen atoms in total. The minimum atomic E-state index is -0.0640. The van der Waals surface area contributed by atoms with Crippen LogP contribution in [0.4, 0.5) is 34.1 Å². The zero-order chi connectivity index (χ0) is 47.7. The van der Waals surface area contributed by atoms with Crippen LogP contribution >= 0.6 is 0 Å². The SMILES string of the molecule is CCC1(CC)c2cc(/C=C/c3ccc(/C=C/c4ccc5c(c4)C(CC)(CC)c4cc(N(c6ccccc6)c6ccccc6)ccc4-5)cc3)ccc2-c2ccc(N(c3ccccc3)c3ccccc3)cc21. The molecule has 0 bridgehead atoms. The highest BCUT2D eigenvalue weighted by molar-refractivity contribution is 5.89. The van der Waals surface area contributed by atoms with E-state index in [1.807, 2.05) is 0 Å². The number of para-hydroxylation sites is 4. The second-order valence-corrected chi connectivity index (χ2v) is 19.0. The fraction of sp³-hybridized carbons (Fsp3) is 0.147. The number of fused-ring (bicyclic) bond motifs is 6. The van der Waals surface area contributed by atoms with E-state index in [9.17, 15) is 0 Å². The molecule has 70 heavy (non-hydrogen) atoms. The number of hydrogen-bond donors (Lipinski definition) is 0. The number of nitrogens with zero attached hydrogens (tertiary/aromatic N) is 2. The molecule has 2 heteroatoms. The van der Waals surface area contributed by atoms with Crippen molar-refractivity contribution in [2.24, 2.45) is 0 Å². The predicted octanol–water partition coefficient (Wildman–Crippen LogP) is 19.1. The van der Waals surface area contributed by atoms with Crippen LogP contribution in [0.5, 0.6) is 0 Å². The summed E-state index contributed by atoms with van der Waals surface area (Å²) in [7, 11) is 0. The van der Waals surface area contributed by atoms with E-state index < -0.39 is 0 Å². The Morgan fingerprint density at radius 1 is 0.271 bits per heavy atom. The number of hydrogen-bond acceptors (Lipinski definition) is 2. The lowest BCUT2D eigenvalue weighted by molar-refractivity contribution is 0.490. The lowest BCUT2D eigenvalue weighted by Gasteiger charge is -2.32. The normalized spacial score (nSPS) is 13.8. The van der Waals surface area contributed by atoms with Crippen LogP contribution in [0.1, 0.15) is 97.9 Å². The van der Waals surface area contributed by atoms with Gasteiger partial charge in [-0.15, -0.1) is 0 Å². The summed E-state index contributed by atoms with van der Waals surface area (Å²) in [6.45, 7) is 9.42. The smallest absolute Gasteiger partial charge is 0.0465 e. The fourth-order valence-electron chi connectivity index (χ4n) is 11.8. The molecule has 0 fully saturated rings. The summed E-state index contributed by atoms with van der Waals surface area (Å²) in [6, 6.07) is 80.3. The molecule has 0 aliphatic heterocycles. The van der Waals surface area contributed by atoms with Gasteiger partial charge in [-0.25, -0.2) is 0 Å². The Labute approximate surface area is 415 Å². The minimum absolute atomic E-state index is 0.0640. The van der Waals surface area contributed by atoms with Crippen LogP contribution in [0.3, 0.4) is 0 Å². The van der Waals surface area contributed by atoms with E-state index in [0.717, 1.165) is 48.4 Å². The maximum atomic E-state index is 2.46.